The molecule has 0 saturated carbocycles. The van der Waals surface area contributed by atoms with E-state index in [0.717, 1.165) is 33.7 Å². The molecule has 2 rings (SSSR count). The second-order valence-electron chi connectivity index (χ2n) is 3.99. The van der Waals surface area contributed by atoms with Gasteiger partial charge < -0.3 is 5.73 Å². The number of hydrogen-bond acceptors (Lipinski definition) is 4. The smallest absolute Gasteiger partial charge is 0.150 e. The van der Waals surface area contributed by atoms with Gasteiger partial charge in [-0.15, -0.1) is 11.3 Å². The highest BCUT2D eigenvalue weighted by molar-refractivity contribution is 7.16. The van der Waals surface area contributed by atoms with Crippen molar-refractivity contribution in [2.75, 3.05) is 6.54 Å². The average molecular weight is 285 g/mol. The zero-order valence-electron chi connectivity index (χ0n) is 10.6. The van der Waals surface area contributed by atoms with Gasteiger partial charge in [-0.2, -0.15) is 5.10 Å². The first-order valence-corrected chi connectivity index (χ1v) is 7.28. The van der Waals surface area contributed by atoms with Crippen LogP contribution in [0.25, 0.3) is 0 Å². The summed E-state index contributed by atoms with van der Waals surface area (Å²) in [4.78, 5) is 5.65. The molecule has 2 heterocycles. The van der Waals surface area contributed by atoms with Gasteiger partial charge in [0.25, 0.3) is 0 Å². The van der Waals surface area contributed by atoms with Crippen molar-refractivity contribution in [3.63, 3.8) is 0 Å². The SMILES string of the molecule is CCc1nc(CC)n(C(CN)c2ccc(Cl)s2)n1. The molecule has 1 unspecified atom stereocenters. The quantitative estimate of drug-likeness (QED) is 0.918. The van der Waals surface area contributed by atoms with E-state index in [1.165, 1.54) is 0 Å². The Bertz CT molecular complexity index is 520. The maximum Gasteiger partial charge on any atom is 0.150 e. The number of aryl methyl sites for hydroxylation is 2. The predicted octanol–water partition coefficient (Wildman–Crippen LogP) is 2.67. The number of nitrogens with two attached hydrogens (primary N) is 1. The minimum absolute atomic E-state index is 0.0326. The normalized spacial score (nSPS) is 12.9. The molecule has 0 aromatic carbocycles. The van der Waals surface area contributed by atoms with E-state index in [9.17, 15) is 0 Å². The average Bonchev–Trinajstić information content (AvgIpc) is 2.97. The molecule has 0 aliphatic heterocycles. The fraction of sp³-hybridized carbons (Fsp3) is 0.500. The molecule has 0 fully saturated rings. The van der Waals surface area contributed by atoms with Gasteiger partial charge in [-0.3, -0.25) is 0 Å². The Morgan fingerprint density at radius 3 is 2.67 bits per heavy atom. The maximum absolute atomic E-state index is 5.99. The van der Waals surface area contributed by atoms with E-state index in [-0.39, 0.29) is 6.04 Å². The Morgan fingerprint density at radius 2 is 2.17 bits per heavy atom. The van der Waals surface area contributed by atoms with Gasteiger partial charge in [-0.05, 0) is 12.1 Å². The number of halogens is 1. The molecule has 18 heavy (non-hydrogen) atoms. The Balaban J connectivity index is 2.40. The van der Waals surface area contributed by atoms with Gasteiger partial charge >= 0.3 is 0 Å². The Morgan fingerprint density at radius 1 is 1.39 bits per heavy atom. The molecular weight excluding hydrogens is 268 g/mol. The van der Waals surface area contributed by atoms with Crippen LogP contribution < -0.4 is 5.73 Å². The highest BCUT2D eigenvalue weighted by Gasteiger charge is 2.19. The lowest BCUT2D eigenvalue weighted by Crippen LogP contribution is -2.22. The van der Waals surface area contributed by atoms with Gasteiger partial charge in [0.15, 0.2) is 5.82 Å². The summed E-state index contributed by atoms with van der Waals surface area (Å²) in [7, 11) is 0. The molecular formula is C12H17ClN4S. The monoisotopic (exact) mass is 284 g/mol. The number of hydrogen-bond donors (Lipinski definition) is 1. The largest absolute Gasteiger partial charge is 0.328 e. The van der Waals surface area contributed by atoms with Crippen LogP contribution in [0, 0.1) is 0 Å². The molecule has 0 aliphatic carbocycles. The molecule has 6 heteroatoms. The Kier molecular flexibility index (Phi) is 4.37. The third-order valence-corrected chi connectivity index (χ3v) is 4.15. The van der Waals surface area contributed by atoms with Crippen LogP contribution in [0.15, 0.2) is 12.1 Å². The van der Waals surface area contributed by atoms with Crippen molar-refractivity contribution < 1.29 is 0 Å². The summed E-state index contributed by atoms with van der Waals surface area (Å²) in [5.74, 6) is 1.85. The van der Waals surface area contributed by atoms with Gasteiger partial charge in [-0.1, -0.05) is 25.4 Å². The van der Waals surface area contributed by atoms with Crippen LogP contribution in [0.4, 0.5) is 0 Å². The van der Waals surface area contributed by atoms with Crippen molar-refractivity contribution in [1.29, 1.82) is 0 Å². The second kappa shape index (κ2) is 5.82. The van der Waals surface area contributed by atoms with Crippen LogP contribution in [0.3, 0.4) is 0 Å². The molecule has 98 valence electrons. The lowest BCUT2D eigenvalue weighted by Gasteiger charge is -2.15. The van der Waals surface area contributed by atoms with Gasteiger partial charge in [0, 0.05) is 24.3 Å². The minimum atomic E-state index is 0.0326. The van der Waals surface area contributed by atoms with E-state index < -0.39 is 0 Å². The number of rotatable bonds is 5. The summed E-state index contributed by atoms with van der Waals surface area (Å²) >= 11 is 7.54. The fourth-order valence-corrected chi connectivity index (χ4v) is 3.05. The molecule has 0 aliphatic rings. The lowest BCUT2D eigenvalue weighted by atomic mass is 10.2. The van der Waals surface area contributed by atoms with Crippen LogP contribution in [-0.2, 0) is 12.8 Å². The van der Waals surface area contributed by atoms with Crippen LogP contribution in [-0.4, -0.2) is 21.3 Å². The number of nitrogens with zero attached hydrogens (tertiary/aromatic N) is 3. The van der Waals surface area contributed by atoms with Crippen molar-refractivity contribution in [3.05, 3.63) is 33.0 Å². The van der Waals surface area contributed by atoms with E-state index in [2.05, 4.69) is 23.9 Å². The Hall–Kier alpha value is -0.910. The zero-order valence-corrected chi connectivity index (χ0v) is 12.1. The fourth-order valence-electron chi connectivity index (χ4n) is 1.89. The first kappa shape index (κ1) is 13.5. The maximum atomic E-state index is 5.99. The van der Waals surface area contributed by atoms with Crippen molar-refractivity contribution >= 4 is 22.9 Å². The van der Waals surface area contributed by atoms with E-state index >= 15 is 0 Å². The highest BCUT2D eigenvalue weighted by Crippen LogP contribution is 2.29. The molecule has 0 saturated heterocycles. The van der Waals surface area contributed by atoms with E-state index in [0.29, 0.717) is 6.54 Å². The summed E-state index contributed by atoms with van der Waals surface area (Å²) in [5, 5.41) is 4.55. The minimum Gasteiger partial charge on any atom is -0.328 e. The Labute approximate surface area is 116 Å². The summed E-state index contributed by atoms with van der Waals surface area (Å²) in [5.41, 5.74) is 5.90. The first-order valence-electron chi connectivity index (χ1n) is 6.09. The topological polar surface area (TPSA) is 56.7 Å². The summed E-state index contributed by atoms with van der Waals surface area (Å²) in [6, 6.07) is 3.94. The predicted molar refractivity (Wildman–Crippen MR) is 75.3 cm³/mol. The number of aromatic nitrogens is 3. The van der Waals surface area contributed by atoms with Crippen LogP contribution in [0.1, 0.15) is 36.4 Å². The van der Waals surface area contributed by atoms with Crippen LogP contribution >= 0.6 is 22.9 Å². The molecule has 0 amide bonds. The molecule has 0 radical (unpaired) electrons. The second-order valence-corrected chi connectivity index (χ2v) is 5.74. The van der Waals surface area contributed by atoms with E-state index in [1.807, 2.05) is 16.8 Å². The molecule has 0 bridgehead atoms. The third kappa shape index (κ3) is 2.58. The molecule has 2 N–H and O–H groups in total. The van der Waals surface area contributed by atoms with Crippen molar-refractivity contribution in [2.24, 2.45) is 5.73 Å². The van der Waals surface area contributed by atoms with Crippen LogP contribution in [0.5, 0.6) is 0 Å². The first-order chi connectivity index (χ1) is 8.69. The highest BCUT2D eigenvalue weighted by atomic mass is 35.5. The summed E-state index contributed by atoms with van der Waals surface area (Å²) < 4.78 is 2.72. The van der Waals surface area contributed by atoms with Gasteiger partial charge in [0.2, 0.25) is 0 Å². The molecule has 2 aromatic rings. The molecule has 0 spiro atoms. The number of thiophene rings is 1. The van der Waals surface area contributed by atoms with Gasteiger partial charge in [-0.25, -0.2) is 9.67 Å². The van der Waals surface area contributed by atoms with Gasteiger partial charge in [0.05, 0.1) is 4.34 Å². The van der Waals surface area contributed by atoms with Crippen molar-refractivity contribution in [2.45, 2.75) is 32.7 Å². The van der Waals surface area contributed by atoms with E-state index in [1.54, 1.807) is 11.3 Å². The lowest BCUT2D eigenvalue weighted by molar-refractivity contribution is 0.512. The van der Waals surface area contributed by atoms with Gasteiger partial charge in [0.1, 0.15) is 11.9 Å². The zero-order chi connectivity index (χ0) is 13.1. The van der Waals surface area contributed by atoms with Crippen molar-refractivity contribution in [1.82, 2.24) is 14.8 Å². The summed E-state index contributed by atoms with van der Waals surface area (Å²) in [6.45, 7) is 4.63. The van der Waals surface area contributed by atoms with Crippen LogP contribution in [0.2, 0.25) is 4.34 Å². The standard InChI is InChI=1S/C12H17ClN4S/c1-3-11-15-12(4-2)17(16-11)8(7-14)9-5-6-10(13)18-9/h5-6,8H,3-4,7,14H2,1-2H3. The molecule has 2 aromatic heterocycles. The summed E-state index contributed by atoms with van der Waals surface area (Å²) in [6.07, 6.45) is 1.69. The molecule has 4 nitrogen and oxygen atoms in total. The van der Waals surface area contributed by atoms with E-state index in [4.69, 9.17) is 17.3 Å². The van der Waals surface area contributed by atoms with Crippen molar-refractivity contribution in [3.8, 4) is 0 Å². The third-order valence-electron chi connectivity index (χ3n) is 2.82. The molecule has 1 atom stereocenters.